The Morgan fingerprint density at radius 2 is 2.18 bits per heavy atom. The van der Waals surface area contributed by atoms with Crippen molar-refractivity contribution in [2.75, 3.05) is 11.5 Å². The van der Waals surface area contributed by atoms with E-state index in [1.165, 1.54) is 0 Å². The number of aryl methyl sites for hydroxylation is 1. The molecular formula is C13H18N2OS. The summed E-state index contributed by atoms with van der Waals surface area (Å²) in [7, 11) is 2.00. The maximum absolute atomic E-state index is 9.91. The van der Waals surface area contributed by atoms with Crippen LogP contribution in [0.3, 0.4) is 0 Å². The fourth-order valence-corrected chi connectivity index (χ4v) is 2.53. The number of imidazole rings is 1. The quantitative estimate of drug-likeness (QED) is 0.884. The first kappa shape index (κ1) is 12.5. The van der Waals surface area contributed by atoms with E-state index in [9.17, 15) is 5.11 Å². The summed E-state index contributed by atoms with van der Waals surface area (Å²) in [4.78, 5) is 4.55. The second-order valence-electron chi connectivity index (χ2n) is 4.09. The Labute approximate surface area is 106 Å². The van der Waals surface area contributed by atoms with Gasteiger partial charge in [-0.05, 0) is 17.9 Å². The highest BCUT2D eigenvalue weighted by atomic mass is 32.2. The molecule has 1 aromatic carbocycles. The van der Waals surface area contributed by atoms with E-state index in [-0.39, 0.29) is 6.10 Å². The number of hydrogen-bond acceptors (Lipinski definition) is 3. The van der Waals surface area contributed by atoms with Crippen molar-refractivity contribution in [2.24, 2.45) is 7.05 Å². The second kappa shape index (κ2) is 5.56. The van der Waals surface area contributed by atoms with Gasteiger partial charge in [-0.2, -0.15) is 11.8 Å². The lowest BCUT2D eigenvalue weighted by molar-refractivity contribution is 0.196. The van der Waals surface area contributed by atoms with Crippen molar-refractivity contribution in [3.63, 3.8) is 0 Å². The normalized spacial score (nSPS) is 13.1. The highest BCUT2D eigenvalue weighted by Gasteiger charge is 2.12. The lowest BCUT2D eigenvalue weighted by Gasteiger charge is -2.09. The second-order valence-corrected chi connectivity index (χ2v) is 5.41. The summed E-state index contributed by atoms with van der Waals surface area (Å²) >= 11 is 1.76. The number of thioether (sulfide) groups is 1. The number of hydrogen-bond donors (Lipinski definition) is 1. The monoisotopic (exact) mass is 250 g/mol. The van der Waals surface area contributed by atoms with Crippen molar-refractivity contribution in [1.82, 2.24) is 9.55 Å². The number of rotatable bonds is 5. The van der Waals surface area contributed by atoms with Gasteiger partial charge in [-0.3, -0.25) is 0 Å². The molecule has 1 aromatic heterocycles. The molecule has 0 amide bonds. The SMILES string of the molecule is CCSCC(O)Cc1nc2ccccc2n1C. The summed E-state index contributed by atoms with van der Waals surface area (Å²) in [5, 5.41) is 9.91. The Morgan fingerprint density at radius 3 is 2.88 bits per heavy atom. The Balaban J connectivity index is 2.16. The average Bonchev–Trinajstić information content (AvgIpc) is 2.64. The Bertz CT molecular complexity index is 495. The summed E-state index contributed by atoms with van der Waals surface area (Å²) in [5.74, 6) is 2.77. The standard InChI is InChI=1S/C13H18N2OS/c1-3-17-9-10(16)8-13-14-11-6-4-5-7-12(11)15(13)2/h4-7,10,16H,3,8-9H2,1-2H3. The minimum atomic E-state index is -0.310. The zero-order valence-corrected chi connectivity index (χ0v) is 11.1. The average molecular weight is 250 g/mol. The molecule has 3 nitrogen and oxygen atoms in total. The van der Waals surface area contributed by atoms with E-state index in [1.807, 2.05) is 25.2 Å². The Kier molecular flexibility index (Phi) is 4.07. The van der Waals surface area contributed by atoms with Gasteiger partial charge < -0.3 is 9.67 Å². The third-order valence-electron chi connectivity index (χ3n) is 2.81. The maximum Gasteiger partial charge on any atom is 0.112 e. The molecule has 2 rings (SSSR count). The molecule has 17 heavy (non-hydrogen) atoms. The zero-order chi connectivity index (χ0) is 12.3. The molecule has 0 saturated carbocycles. The first-order valence-corrected chi connectivity index (χ1v) is 7.04. The maximum atomic E-state index is 9.91. The van der Waals surface area contributed by atoms with Crippen LogP contribution in [0.25, 0.3) is 11.0 Å². The van der Waals surface area contributed by atoms with Gasteiger partial charge in [0.25, 0.3) is 0 Å². The molecule has 1 heterocycles. The van der Waals surface area contributed by atoms with Gasteiger partial charge in [0.2, 0.25) is 0 Å². The molecule has 2 aromatic rings. The van der Waals surface area contributed by atoms with Crippen LogP contribution < -0.4 is 0 Å². The van der Waals surface area contributed by atoms with Crippen LogP contribution in [0.4, 0.5) is 0 Å². The third kappa shape index (κ3) is 2.82. The van der Waals surface area contributed by atoms with E-state index in [1.54, 1.807) is 11.8 Å². The molecule has 4 heteroatoms. The molecule has 0 saturated heterocycles. The number of benzene rings is 1. The molecule has 92 valence electrons. The number of para-hydroxylation sites is 2. The molecule has 1 N–H and O–H groups in total. The van der Waals surface area contributed by atoms with Crippen LogP contribution in [0.2, 0.25) is 0 Å². The number of aliphatic hydroxyl groups is 1. The molecule has 0 aliphatic carbocycles. The van der Waals surface area contributed by atoms with Crippen LogP contribution in [0.15, 0.2) is 24.3 Å². The molecule has 0 spiro atoms. The fourth-order valence-electron chi connectivity index (χ4n) is 1.90. The van der Waals surface area contributed by atoms with E-state index in [2.05, 4.69) is 22.5 Å². The zero-order valence-electron chi connectivity index (χ0n) is 10.3. The summed E-state index contributed by atoms with van der Waals surface area (Å²) in [5.41, 5.74) is 2.12. The largest absolute Gasteiger partial charge is 0.392 e. The van der Waals surface area contributed by atoms with Crippen molar-refractivity contribution in [3.8, 4) is 0 Å². The van der Waals surface area contributed by atoms with Crippen LogP contribution in [0.5, 0.6) is 0 Å². The lowest BCUT2D eigenvalue weighted by Crippen LogP contribution is -2.16. The topological polar surface area (TPSA) is 38.1 Å². The van der Waals surface area contributed by atoms with Gasteiger partial charge in [0.15, 0.2) is 0 Å². The molecule has 0 radical (unpaired) electrons. The minimum Gasteiger partial charge on any atom is -0.392 e. The molecule has 1 atom stereocenters. The molecule has 0 aliphatic rings. The predicted molar refractivity (Wildman–Crippen MR) is 73.4 cm³/mol. The summed E-state index contributed by atoms with van der Waals surface area (Å²) in [6.45, 7) is 2.10. The lowest BCUT2D eigenvalue weighted by atomic mass is 10.3. The van der Waals surface area contributed by atoms with E-state index < -0.39 is 0 Å². The summed E-state index contributed by atoms with van der Waals surface area (Å²) in [6, 6.07) is 8.06. The minimum absolute atomic E-state index is 0.310. The van der Waals surface area contributed by atoms with Gasteiger partial charge in [-0.25, -0.2) is 4.98 Å². The van der Waals surface area contributed by atoms with Crippen molar-refractivity contribution in [1.29, 1.82) is 0 Å². The number of aromatic nitrogens is 2. The number of nitrogens with zero attached hydrogens (tertiary/aromatic N) is 2. The van der Waals surface area contributed by atoms with Gasteiger partial charge in [0.1, 0.15) is 5.82 Å². The van der Waals surface area contributed by atoms with E-state index >= 15 is 0 Å². The van der Waals surface area contributed by atoms with Gasteiger partial charge >= 0.3 is 0 Å². The Morgan fingerprint density at radius 1 is 1.41 bits per heavy atom. The van der Waals surface area contributed by atoms with Crippen molar-refractivity contribution in [2.45, 2.75) is 19.4 Å². The fraction of sp³-hybridized carbons (Fsp3) is 0.462. The summed E-state index contributed by atoms with van der Waals surface area (Å²) in [6.07, 6.45) is 0.313. The van der Waals surface area contributed by atoms with Crippen molar-refractivity contribution in [3.05, 3.63) is 30.1 Å². The van der Waals surface area contributed by atoms with Crippen molar-refractivity contribution >= 4 is 22.8 Å². The predicted octanol–water partition coefficient (Wildman–Crippen LogP) is 2.23. The Hall–Kier alpha value is -1.00. The van der Waals surface area contributed by atoms with Gasteiger partial charge in [0, 0.05) is 19.2 Å². The molecule has 1 unspecified atom stereocenters. The van der Waals surface area contributed by atoms with Gasteiger partial charge in [0.05, 0.1) is 17.1 Å². The first-order chi connectivity index (χ1) is 8.22. The van der Waals surface area contributed by atoms with Crippen LogP contribution in [-0.2, 0) is 13.5 Å². The van der Waals surface area contributed by atoms with Gasteiger partial charge in [-0.1, -0.05) is 19.1 Å². The van der Waals surface area contributed by atoms with Crippen LogP contribution in [0.1, 0.15) is 12.7 Å². The molecule has 0 fully saturated rings. The van der Waals surface area contributed by atoms with Crippen LogP contribution in [0, 0.1) is 0 Å². The molecular weight excluding hydrogens is 232 g/mol. The van der Waals surface area contributed by atoms with E-state index in [0.717, 1.165) is 28.4 Å². The third-order valence-corrected chi connectivity index (χ3v) is 3.84. The van der Waals surface area contributed by atoms with Crippen molar-refractivity contribution < 1.29 is 5.11 Å². The summed E-state index contributed by atoms with van der Waals surface area (Å²) < 4.78 is 2.06. The molecule has 0 bridgehead atoms. The van der Waals surface area contributed by atoms with E-state index in [0.29, 0.717) is 6.42 Å². The van der Waals surface area contributed by atoms with Crippen LogP contribution in [-0.4, -0.2) is 32.3 Å². The number of fused-ring (bicyclic) bond motifs is 1. The smallest absolute Gasteiger partial charge is 0.112 e. The number of aliphatic hydroxyl groups excluding tert-OH is 1. The van der Waals surface area contributed by atoms with E-state index in [4.69, 9.17) is 0 Å². The highest BCUT2D eigenvalue weighted by Crippen LogP contribution is 2.16. The first-order valence-electron chi connectivity index (χ1n) is 5.88. The highest BCUT2D eigenvalue weighted by molar-refractivity contribution is 7.99. The molecule has 0 aliphatic heterocycles. The van der Waals surface area contributed by atoms with Gasteiger partial charge in [-0.15, -0.1) is 0 Å². The van der Waals surface area contributed by atoms with Crippen LogP contribution >= 0.6 is 11.8 Å².